The summed E-state index contributed by atoms with van der Waals surface area (Å²) in [5, 5.41) is 56.2. The SMILES string of the molecule is CC.Cc1c(C)c(-c2cnn(C)c2)c2c(c1C)C(O)(C(F)(F)F)c1ccccc1-2.Cc1cc2c(c(-c3cncnc3)c1C)-c1ccccc1C2(O)C(F)(F)F.Cc1cc2c(c(-c3cnn(C)c3)c1C)-c1ccccc1C2(O)C(F)(F)F.Cc1cc2c(c(-c3cnn(C)c3)c1C)-c1ccccc1C2(O)C(F)(F)F. The van der Waals surface area contributed by atoms with Crippen molar-refractivity contribution < 1.29 is 73.1 Å². The second kappa shape index (κ2) is 26.8. The Bertz CT molecular complexity index is 5350. The number of aromatic nitrogens is 8. The van der Waals surface area contributed by atoms with Crippen LogP contribution in [0.2, 0.25) is 0 Å². The first-order chi connectivity index (χ1) is 50.2. The number of aliphatic hydroxyl groups is 4. The maximum Gasteiger partial charge on any atom is 0.425 e. The van der Waals surface area contributed by atoms with E-state index in [-0.39, 0.29) is 44.5 Å². The number of aryl methyl sites for hydroxylation is 6. The van der Waals surface area contributed by atoms with Gasteiger partial charge in [-0.3, -0.25) is 14.0 Å². The van der Waals surface area contributed by atoms with Gasteiger partial charge in [-0.15, -0.1) is 0 Å². The van der Waals surface area contributed by atoms with E-state index in [1.54, 1.807) is 168 Å². The highest BCUT2D eigenvalue weighted by molar-refractivity contribution is 5.98. The average Bonchev–Trinajstić information content (AvgIpc) is 1.56. The zero-order valence-electron chi connectivity index (χ0n) is 60.6. The molecule has 4 aliphatic rings. The fourth-order valence-electron chi connectivity index (χ4n) is 15.7. The molecule has 4 heterocycles. The summed E-state index contributed by atoms with van der Waals surface area (Å²) in [7, 11) is 5.28. The highest BCUT2D eigenvalue weighted by Crippen LogP contribution is 2.63. The van der Waals surface area contributed by atoms with Gasteiger partial charge < -0.3 is 20.4 Å². The third-order valence-electron chi connectivity index (χ3n) is 21.3. The van der Waals surface area contributed by atoms with Crippen molar-refractivity contribution in [3.8, 4) is 89.0 Å². The maximum absolute atomic E-state index is 14.2. The van der Waals surface area contributed by atoms with E-state index in [0.717, 1.165) is 44.5 Å². The Morgan fingerprint density at radius 1 is 0.299 bits per heavy atom. The van der Waals surface area contributed by atoms with Gasteiger partial charge in [0.15, 0.2) is 0 Å². The second-order valence-electron chi connectivity index (χ2n) is 27.2. The Morgan fingerprint density at radius 2 is 0.561 bits per heavy atom. The normalized spacial score (nSPS) is 18.3. The van der Waals surface area contributed by atoms with Gasteiger partial charge in [0, 0.05) is 119 Å². The molecule has 12 aromatic rings. The second-order valence-corrected chi connectivity index (χ2v) is 27.2. The standard InChI is InChI=1S/C21H19F3N2O.2C20H17F3N2O.C20H15F3N2O.C2H6/c1-11-12(2)17(14-9-25-26(4)10-14)18-15-7-5-6-8-16(15)20(27,21(22,23)24)19(18)13(11)3;2*1-11-8-16-18(17(12(11)2)13-9-24-25(3)10-13)14-6-4-5-7-15(14)19(16,26)20(21,22)23;1-11-7-16-18(17(12(11)2)13-8-24-10-25-9-13)14-5-3-4-6-15(14)19(16,26)20(21,22)23;1-2/h5-10,27H,1-4H3;2*4-10,26H,1-3H3;3-10,26H,1-2H3;1-2H3. The van der Waals surface area contributed by atoms with E-state index in [2.05, 4.69) is 25.3 Å². The minimum atomic E-state index is -4.85. The fraction of sp³-hybridized carbons (Fsp3) is 0.265. The van der Waals surface area contributed by atoms with Crippen LogP contribution >= 0.6 is 0 Å². The summed E-state index contributed by atoms with van der Waals surface area (Å²) in [6.45, 7) is 20.2. The van der Waals surface area contributed by atoms with Gasteiger partial charge in [0.1, 0.15) is 6.33 Å². The molecule has 4 aliphatic carbocycles. The molecule has 554 valence electrons. The largest absolute Gasteiger partial charge is 0.425 e. The van der Waals surface area contributed by atoms with Crippen LogP contribution in [0.4, 0.5) is 52.7 Å². The molecule has 0 fully saturated rings. The van der Waals surface area contributed by atoms with Crippen LogP contribution in [0, 0.1) is 62.3 Å². The van der Waals surface area contributed by atoms with Crippen LogP contribution in [0.3, 0.4) is 0 Å². The Hall–Kier alpha value is -10.5. The number of nitrogens with zero attached hydrogens (tertiary/aromatic N) is 8. The first-order valence-electron chi connectivity index (χ1n) is 34.0. The van der Waals surface area contributed by atoms with Crippen molar-refractivity contribution >= 4 is 0 Å². The maximum atomic E-state index is 14.2. The molecule has 0 amide bonds. The number of halogens is 12. The van der Waals surface area contributed by atoms with Crippen LogP contribution in [-0.4, -0.2) is 84.4 Å². The molecular weight excluding hydrogens is 1400 g/mol. The molecule has 8 aromatic carbocycles. The van der Waals surface area contributed by atoms with Gasteiger partial charge in [-0.05, 0) is 179 Å². The summed E-state index contributed by atoms with van der Waals surface area (Å²) in [6.07, 6.45) is -4.59. The lowest BCUT2D eigenvalue weighted by molar-refractivity contribution is -0.247. The Morgan fingerprint density at radius 3 is 0.841 bits per heavy atom. The smallest absolute Gasteiger partial charge is 0.372 e. The summed E-state index contributed by atoms with van der Waals surface area (Å²) in [5.74, 6) is 0. The van der Waals surface area contributed by atoms with Crippen LogP contribution in [0.5, 0.6) is 0 Å². The molecule has 107 heavy (non-hydrogen) atoms. The average molecular weight is 1480 g/mol. The van der Waals surface area contributed by atoms with E-state index in [9.17, 15) is 73.1 Å². The van der Waals surface area contributed by atoms with E-state index in [4.69, 9.17) is 0 Å². The molecule has 4 aromatic heterocycles. The molecule has 16 rings (SSSR count). The van der Waals surface area contributed by atoms with E-state index in [1.807, 2.05) is 41.5 Å². The van der Waals surface area contributed by atoms with Crippen molar-refractivity contribution in [2.24, 2.45) is 21.1 Å². The van der Waals surface area contributed by atoms with Gasteiger partial charge >= 0.3 is 24.7 Å². The monoisotopic (exact) mass is 1470 g/mol. The lowest BCUT2D eigenvalue weighted by Crippen LogP contribution is -2.42. The number of fused-ring (bicyclic) bond motifs is 12. The van der Waals surface area contributed by atoms with Crippen molar-refractivity contribution in [3.63, 3.8) is 0 Å². The van der Waals surface area contributed by atoms with Crippen LogP contribution in [-0.2, 0) is 43.5 Å². The van der Waals surface area contributed by atoms with Crippen LogP contribution in [0.1, 0.15) is 108 Å². The van der Waals surface area contributed by atoms with Gasteiger partial charge in [-0.2, -0.15) is 68.0 Å². The molecule has 12 nitrogen and oxygen atoms in total. The topological polar surface area (TPSA) is 160 Å². The summed E-state index contributed by atoms with van der Waals surface area (Å²) < 4.78 is 173. The van der Waals surface area contributed by atoms with E-state index in [0.29, 0.717) is 94.6 Å². The quantitative estimate of drug-likeness (QED) is 0.126. The fourth-order valence-corrected chi connectivity index (χ4v) is 15.7. The number of benzene rings is 8. The predicted molar refractivity (Wildman–Crippen MR) is 385 cm³/mol. The van der Waals surface area contributed by atoms with Crippen molar-refractivity contribution in [3.05, 3.63) is 266 Å². The molecule has 0 saturated carbocycles. The first-order valence-corrected chi connectivity index (χ1v) is 34.0. The zero-order chi connectivity index (χ0) is 78.1. The molecular formula is C83H74F12N8O4. The van der Waals surface area contributed by atoms with Crippen LogP contribution < -0.4 is 0 Å². The first kappa shape index (κ1) is 76.1. The van der Waals surface area contributed by atoms with Gasteiger partial charge in [0.2, 0.25) is 22.4 Å². The predicted octanol–water partition coefficient (Wildman–Crippen LogP) is 19.3. The van der Waals surface area contributed by atoms with Crippen LogP contribution in [0.15, 0.2) is 171 Å². The minimum absolute atomic E-state index is 0.0712. The summed E-state index contributed by atoms with van der Waals surface area (Å²) in [5.41, 5.74) is 2.41. The minimum Gasteiger partial charge on any atom is -0.372 e. The molecule has 4 atom stereocenters. The molecule has 24 heteroatoms. The van der Waals surface area contributed by atoms with Gasteiger partial charge in [0.05, 0.1) is 18.6 Å². The highest BCUT2D eigenvalue weighted by atomic mass is 19.4. The lowest BCUT2D eigenvalue weighted by Gasteiger charge is -2.31. The number of alkyl halides is 12. The summed E-state index contributed by atoms with van der Waals surface area (Å²) >= 11 is 0. The van der Waals surface area contributed by atoms with Gasteiger partial charge in [-0.1, -0.05) is 129 Å². The van der Waals surface area contributed by atoms with Crippen LogP contribution in [0.25, 0.3) is 89.0 Å². The third kappa shape index (κ3) is 11.6. The molecule has 0 spiro atoms. The number of hydrogen-bond donors (Lipinski definition) is 4. The zero-order valence-corrected chi connectivity index (χ0v) is 60.6. The Balaban J connectivity index is 0.000000132. The molecule has 0 saturated heterocycles. The van der Waals surface area contributed by atoms with Gasteiger partial charge in [0.25, 0.3) is 0 Å². The summed E-state index contributed by atoms with van der Waals surface area (Å²) in [4.78, 5) is 8.01. The molecule has 0 bridgehead atoms. The van der Waals surface area contributed by atoms with Crippen molar-refractivity contribution in [2.75, 3.05) is 0 Å². The molecule has 4 unspecified atom stereocenters. The van der Waals surface area contributed by atoms with E-state index < -0.39 is 47.1 Å². The Kier molecular flexibility index (Phi) is 19.0. The Labute approximate surface area is 609 Å². The molecule has 4 N–H and O–H groups in total. The number of hydrogen-bond acceptors (Lipinski definition) is 9. The van der Waals surface area contributed by atoms with E-state index >= 15 is 0 Å². The lowest BCUT2D eigenvalue weighted by atomic mass is 9.82. The number of rotatable bonds is 4. The highest BCUT2D eigenvalue weighted by Gasteiger charge is 2.65. The van der Waals surface area contributed by atoms with Crippen molar-refractivity contribution in [2.45, 2.75) is 123 Å². The van der Waals surface area contributed by atoms with Gasteiger partial charge in [-0.25, -0.2) is 9.97 Å². The van der Waals surface area contributed by atoms with Crippen molar-refractivity contribution in [1.29, 1.82) is 0 Å². The third-order valence-corrected chi connectivity index (χ3v) is 21.3. The molecule has 0 radical (unpaired) electrons. The van der Waals surface area contributed by atoms with Crippen molar-refractivity contribution in [1.82, 2.24) is 39.3 Å². The molecule has 0 aliphatic heterocycles. The van der Waals surface area contributed by atoms with E-state index in [1.165, 1.54) is 73.1 Å². The summed E-state index contributed by atoms with van der Waals surface area (Å²) in [6, 6.07) is 29.1.